The van der Waals surface area contributed by atoms with E-state index in [1.807, 2.05) is 43.3 Å². The molecule has 6 heteroatoms. The van der Waals surface area contributed by atoms with Crippen LogP contribution < -0.4 is 14.8 Å². The molecule has 0 unspecified atom stereocenters. The van der Waals surface area contributed by atoms with E-state index in [9.17, 15) is 4.79 Å². The number of oxime groups is 1. The summed E-state index contributed by atoms with van der Waals surface area (Å²) in [5.74, 6) is 1.88. The highest BCUT2D eigenvalue weighted by molar-refractivity contribution is 6.01. The van der Waals surface area contributed by atoms with Gasteiger partial charge in [0.05, 0.1) is 25.5 Å². The lowest BCUT2D eigenvalue weighted by Crippen LogP contribution is -2.32. The summed E-state index contributed by atoms with van der Waals surface area (Å²) in [6.45, 7) is 3.87. The molecular formula is C24H28N2O4. The molecule has 0 fully saturated rings. The quantitative estimate of drug-likeness (QED) is 0.641. The Bertz CT molecular complexity index is 925. The Hall–Kier alpha value is -3.02. The number of carbonyl (C=O) groups is 1. The smallest absolute Gasteiger partial charge is 0.220 e. The van der Waals surface area contributed by atoms with E-state index < -0.39 is 0 Å². The van der Waals surface area contributed by atoms with Crippen molar-refractivity contribution in [2.45, 2.75) is 45.1 Å². The van der Waals surface area contributed by atoms with E-state index in [4.69, 9.17) is 14.3 Å². The van der Waals surface area contributed by atoms with E-state index in [1.165, 1.54) is 11.1 Å². The Labute approximate surface area is 177 Å². The number of nitrogens with one attached hydrogen (secondary N) is 1. The number of amides is 1. The normalized spacial score (nSPS) is 17.0. The molecule has 0 radical (unpaired) electrons. The van der Waals surface area contributed by atoms with Crippen LogP contribution in [0.25, 0.3) is 0 Å². The lowest BCUT2D eigenvalue weighted by atomic mass is 10.0. The molecule has 2 aliphatic rings. The molecule has 0 spiro atoms. The highest BCUT2D eigenvalue weighted by Crippen LogP contribution is 2.27. The average molecular weight is 408 g/mol. The molecule has 0 bridgehead atoms. The maximum atomic E-state index is 12.1. The number of fused-ring (bicyclic) bond motifs is 1. The van der Waals surface area contributed by atoms with Crippen molar-refractivity contribution in [2.24, 2.45) is 5.16 Å². The van der Waals surface area contributed by atoms with E-state index in [0.717, 1.165) is 48.6 Å². The molecular weight excluding hydrogens is 380 g/mol. The van der Waals surface area contributed by atoms with Gasteiger partial charge in [0.25, 0.3) is 0 Å². The molecule has 0 aliphatic carbocycles. The Balaban J connectivity index is 1.11. The maximum absolute atomic E-state index is 12.1. The minimum Gasteiger partial charge on any atom is -0.494 e. The molecule has 30 heavy (non-hydrogen) atoms. The number of carbonyl (C=O) groups excluding carboxylic acids is 1. The Morgan fingerprint density at radius 3 is 3.07 bits per heavy atom. The molecule has 2 aromatic rings. The summed E-state index contributed by atoms with van der Waals surface area (Å²) in [7, 11) is 0. The average Bonchev–Trinajstić information content (AvgIpc) is 3.41. The minimum atomic E-state index is -0.113. The topological polar surface area (TPSA) is 69.2 Å². The van der Waals surface area contributed by atoms with Crippen molar-refractivity contribution >= 4 is 11.6 Å². The van der Waals surface area contributed by atoms with Gasteiger partial charge in [0.15, 0.2) is 0 Å². The van der Waals surface area contributed by atoms with Crippen LogP contribution in [0.1, 0.15) is 42.4 Å². The number of aryl methyl sites for hydroxylation is 1. The Kier molecular flexibility index (Phi) is 6.52. The van der Waals surface area contributed by atoms with Crippen molar-refractivity contribution in [1.82, 2.24) is 5.32 Å². The first kappa shape index (κ1) is 20.3. The number of unbranched alkanes of at least 4 members (excludes halogenated alkanes) is 1. The molecule has 2 aromatic carbocycles. The predicted molar refractivity (Wildman–Crippen MR) is 115 cm³/mol. The molecule has 0 aromatic heterocycles. The third kappa shape index (κ3) is 5.32. The van der Waals surface area contributed by atoms with Crippen molar-refractivity contribution in [1.29, 1.82) is 0 Å². The molecule has 158 valence electrons. The summed E-state index contributed by atoms with van der Waals surface area (Å²) in [4.78, 5) is 17.6. The molecule has 1 N–H and O–H groups in total. The van der Waals surface area contributed by atoms with Crippen LogP contribution in [0.5, 0.6) is 11.5 Å². The van der Waals surface area contributed by atoms with Gasteiger partial charge in [-0.2, -0.15) is 0 Å². The fourth-order valence-electron chi connectivity index (χ4n) is 3.67. The first-order chi connectivity index (χ1) is 14.7. The number of nitrogens with zero attached hydrogens (tertiary/aromatic N) is 1. The van der Waals surface area contributed by atoms with E-state index in [2.05, 4.69) is 16.5 Å². The molecule has 1 atom stereocenters. The number of benzene rings is 2. The highest BCUT2D eigenvalue weighted by atomic mass is 16.6. The lowest BCUT2D eigenvalue weighted by Gasteiger charge is -2.10. The number of hydrogen-bond donors (Lipinski definition) is 1. The standard InChI is InChI=1S/C24H28N2O4/c1-17-5-4-6-20(13-17)28-11-3-2-7-24(27)25-16-21-15-22(26-30-21)18-8-9-23-19(14-18)10-12-29-23/h4-6,8-9,13-14,21H,2-3,7,10-12,15-16H2,1H3,(H,25,27)/t21-/m1/s1. The van der Waals surface area contributed by atoms with E-state index >= 15 is 0 Å². The van der Waals surface area contributed by atoms with Gasteiger partial charge in [-0.15, -0.1) is 0 Å². The van der Waals surface area contributed by atoms with Crippen LogP contribution in [-0.4, -0.2) is 37.5 Å². The lowest BCUT2D eigenvalue weighted by molar-refractivity contribution is -0.121. The zero-order valence-corrected chi connectivity index (χ0v) is 17.4. The maximum Gasteiger partial charge on any atom is 0.220 e. The monoisotopic (exact) mass is 408 g/mol. The van der Waals surface area contributed by atoms with E-state index in [0.29, 0.717) is 26.0 Å². The second-order valence-corrected chi connectivity index (χ2v) is 7.82. The number of rotatable bonds is 9. The van der Waals surface area contributed by atoms with Gasteiger partial charge < -0.3 is 19.6 Å². The van der Waals surface area contributed by atoms with Crippen molar-refractivity contribution in [2.75, 3.05) is 19.8 Å². The summed E-state index contributed by atoms with van der Waals surface area (Å²) in [5.41, 5.74) is 4.40. The van der Waals surface area contributed by atoms with Crippen molar-refractivity contribution in [3.05, 3.63) is 59.2 Å². The second-order valence-electron chi connectivity index (χ2n) is 7.82. The van der Waals surface area contributed by atoms with Gasteiger partial charge in [-0.3, -0.25) is 4.79 Å². The fourth-order valence-corrected chi connectivity index (χ4v) is 3.67. The molecule has 0 saturated carbocycles. The van der Waals surface area contributed by atoms with Crippen molar-refractivity contribution < 1.29 is 19.1 Å². The molecule has 0 saturated heterocycles. The first-order valence-corrected chi connectivity index (χ1v) is 10.6. The van der Waals surface area contributed by atoms with Crippen molar-refractivity contribution in [3.63, 3.8) is 0 Å². The van der Waals surface area contributed by atoms with Gasteiger partial charge in [-0.1, -0.05) is 17.3 Å². The van der Waals surface area contributed by atoms with Crippen LogP contribution >= 0.6 is 0 Å². The largest absolute Gasteiger partial charge is 0.494 e. The minimum absolute atomic E-state index is 0.0392. The zero-order valence-electron chi connectivity index (χ0n) is 17.4. The SMILES string of the molecule is Cc1cccc(OCCCCC(=O)NC[C@H]2CC(c3ccc4c(c3)CCO4)=NO2)c1. The van der Waals surface area contributed by atoms with Crippen LogP contribution in [0.3, 0.4) is 0 Å². The summed E-state index contributed by atoms with van der Waals surface area (Å²) in [6.07, 6.45) is 3.65. The van der Waals surface area contributed by atoms with Crippen LogP contribution in [0.4, 0.5) is 0 Å². The van der Waals surface area contributed by atoms with Crippen molar-refractivity contribution in [3.8, 4) is 11.5 Å². The van der Waals surface area contributed by atoms with Gasteiger partial charge in [0.2, 0.25) is 5.91 Å². The van der Waals surface area contributed by atoms with Crippen LogP contribution in [0, 0.1) is 6.92 Å². The van der Waals surface area contributed by atoms with Crippen LogP contribution in [0.15, 0.2) is 47.6 Å². The van der Waals surface area contributed by atoms with Crippen LogP contribution in [-0.2, 0) is 16.1 Å². The third-order valence-electron chi connectivity index (χ3n) is 5.34. The van der Waals surface area contributed by atoms with Gasteiger partial charge >= 0.3 is 0 Å². The third-order valence-corrected chi connectivity index (χ3v) is 5.34. The first-order valence-electron chi connectivity index (χ1n) is 10.6. The van der Waals surface area contributed by atoms with E-state index in [1.54, 1.807) is 0 Å². The fraction of sp³-hybridized carbons (Fsp3) is 0.417. The van der Waals surface area contributed by atoms with Gasteiger partial charge in [-0.25, -0.2) is 0 Å². The molecule has 2 aliphatic heterocycles. The van der Waals surface area contributed by atoms with Gasteiger partial charge in [0, 0.05) is 19.3 Å². The summed E-state index contributed by atoms with van der Waals surface area (Å²) < 4.78 is 11.3. The number of hydrogen-bond acceptors (Lipinski definition) is 5. The van der Waals surface area contributed by atoms with Gasteiger partial charge in [-0.05, 0) is 66.8 Å². The Morgan fingerprint density at radius 1 is 1.23 bits per heavy atom. The Morgan fingerprint density at radius 2 is 2.17 bits per heavy atom. The molecule has 2 heterocycles. The molecule has 4 rings (SSSR count). The zero-order chi connectivity index (χ0) is 20.8. The van der Waals surface area contributed by atoms with Crippen LogP contribution in [0.2, 0.25) is 0 Å². The summed E-state index contributed by atoms with van der Waals surface area (Å²) >= 11 is 0. The predicted octanol–water partition coefficient (Wildman–Crippen LogP) is 3.79. The summed E-state index contributed by atoms with van der Waals surface area (Å²) in [6, 6.07) is 14.1. The second kappa shape index (κ2) is 9.65. The van der Waals surface area contributed by atoms with E-state index in [-0.39, 0.29) is 12.0 Å². The highest BCUT2D eigenvalue weighted by Gasteiger charge is 2.24. The summed E-state index contributed by atoms with van der Waals surface area (Å²) in [5, 5.41) is 7.18. The number of ether oxygens (including phenoxy) is 2. The van der Waals surface area contributed by atoms with Gasteiger partial charge in [0.1, 0.15) is 17.6 Å². The molecule has 6 nitrogen and oxygen atoms in total. The molecule has 1 amide bonds.